The normalized spacial score (nSPS) is 14.1. The lowest BCUT2D eigenvalue weighted by molar-refractivity contribution is -0.143. The number of benzene rings is 2. The number of rotatable bonds is 9. The number of thiol groups is 1. The largest absolute Gasteiger partial charge is 0.466 e. The molecule has 2 aromatic carbocycles. The second kappa shape index (κ2) is 9.94. The fourth-order valence-corrected chi connectivity index (χ4v) is 4.89. The van der Waals surface area contributed by atoms with Gasteiger partial charge in [0, 0.05) is 12.0 Å². The molecule has 5 heteroatoms. The molecule has 134 valence electrons. The lowest BCUT2D eigenvalue weighted by atomic mass is 10.0. The Labute approximate surface area is 156 Å². The summed E-state index contributed by atoms with van der Waals surface area (Å²) in [5, 5.41) is 2.26. The molecule has 0 radical (unpaired) electrons. The van der Waals surface area contributed by atoms with Gasteiger partial charge in [0.25, 0.3) is 0 Å². The molecule has 0 heterocycles. The zero-order chi connectivity index (χ0) is 18.2. The van der Waals surface area contributed by atoms with Crippen LogP contribution in [0.4, 0.5) is 0 Å². The third-order valence-electron chi connectivity index (χ3n) is 4.36. The van der Waals surface area contributed by atoms with E-state index in [0.717, 1.165) is 29.2 Å². The van der Waals surface area contributed by atoms with Crippen molar-refractivity contribution in [1.82, 2.24) is 0 Å². The molecule has 2 rings (SSSR count). The van der Waals surface area contributed by atoms with Gasteiger partial charge in [0.15, 0.2) is 0 Å². The van der Waals surface area contributed by atoms with Crippen LogP contribution in [0.15, 0.2) is 42.5 Å². The summed E-state index contributed by atoms with van der Waals surface area (Å²) >= 11 is 4.65. The van der Waals surface area contributed by atoms with E-state index in [4.69, 9.17) is 4.74 Å². The van der Waals surface area contributed by atoms with Gasteiger partial charge >= 0.3 is 13.8 Å². The molecule has 0 N–H and O–H groups in total. The van der Waals surface area contributed by atoms with Crippen LogP contribution in [0.1, 0.15) is 43.7 Å². The van der Waals surface area contributed by atoms with E-state index < -0.39 is 7.80 Å². The van der Waals surface area contributed by atoms with Crippen molar-refractivity contribution in [3.8, 4) is 0 Å². The van der Waals surface area contributed by atoms with E-state index in [1.54, 1.807) is 0 Å². The first-order valence-electron chi connectivity index (χ1n) is 8.78. The number of fused-ring (bicyclic) bond motifs is 1. The molecule has 0 aliphatic heterocycles. The van der Waals surface area contributed by atoms with Crippen molar-refractivity contribution in [3.05, 3.63) is 48.0 Å². The lowest BCUT2D eigenvalue weighted by Gasteiger charge is -2.09. The molecule has 0 aliphatic carbocycles. The van der Waals surface area contributed by atoms with Crippen molar-refractivity contribution in [2.45, 2.75) is 38.1 Å². The van der Waals surface area contributed by atoms with Crippen molar-refractivity contribution in [2.24, 2.45) is 5.92 Å². The topological polar surface area (TPSA) is 43.4 Å². The highest BCUT2D eigenvalue weighted by Gasteiger charge is 2.29. The van der Waals surface area contributed by atoms with Crippen molar-refractivity contribution in [3.63, 3.8) is 0 Å². The van der Waals surface area contributed by atoms with Crippen LogP contribution in [0.5, 0.6) is 0 Å². The summed E-state index contributed by atoms with van der Waals surface area (Å²) in [5.74, 6) is 0.193. The second-order valence-electron chi connectivity index (χ2n) is 6.32. The first kappa shape index (κ1) is 19.9. The Kier molecular flexibility index (Phi) is 7.92. The number of esters is 1. The quantitative estimate of drug-likeness (QED) is 0.333. The van der Waals surface area contributed by atoms with Gasteiger partial charge in [-0.2, -0.15) is 0 Å². The summed E-state index contributed by atoms with van der Waals surface area (Å²) in [7, 11) is -1.46. The van der Waals surface area contributed by atoms with Crippen LogP contribution in [0, 0.1) is 5.92 Å². The fourth-order valence-electron chi connectivity index (χ4n) is 2.84. The number of hydrogen-bond donors (Lipinski definition) is 1. The van der Waals surface area contributed by atoms with E-state index in [1.165, 1.54) is 0 Å². The van der Waals surface area contributed by atoms with E-state index in [9.17, 15) is 9.36 Å². The van der Waals surface area contributed by atoms with Crippen LogP contribution in [0.3, 0.4) is 0 Å². The maximum atomic E-state index is 12.7. The zero-order valence-corrected chi connectivity index (χ0v) is 16.6. The van der Waals surface area contributed by atoms with Crippen LogP contribution in [0.2, 0.25) is 0 Å². The molecule has 0 aromatic heterocycles. The minimum atomic E-state index is -1.46. The van der Waals surface area contributed by atoms with Gasteiger partial charge in [-0.15, -0.1) is 12.6 Å². The van der Waals surface area contributed by atoms with Gasteiger partial charge in [-0.25, -0.2) is 0 Å². The Morgan fingerprint density at radius 2 is 1.88 bits per heavy atom. The van der Waals surface area contributed by atoms with Gasteiger partial charge in [-0.1, -0.05) is 54.0 Å². The first-order chi connectivity index (χ1) is 12.0. The summed E-state index contributed by atoms with van der Waals surface area (Å²) in [6.07, 6.45) is 2.65. The molecule has 0 saturated carbocycles. The van der Waals surface area contributed by atoms with Gasteiger partial charge in [-0.05, 0) is 36.5 Å². The first-order valence-corrected chi connectivity index (χ1v) is 10.8. The molecule has 3 atom stereocenters. The highest BCUT2D eigenvalue weighted by molar-refractivity contribution is 7.87. The summed E-state index contributed by atoms with van der Waals surface area (Å²) in [6, 6.07) is 14.2. The Balaban J connectivity index is 1.91. The molecular formula is C20H26O3PS+. The third kappa shape index (κ3) is 5.83. The summed E-state index contributed by atoms with van der Waals surface area (Å²) in [4.78, 5) is 11.1. The number of hydrogen-bond acceptors (Lipinski definition) is 4. The molecule has 0 aliphatic rings. The Bertz CT molecular complexity index is 726. The SMILES string of the molecule is CCOC(=O)CCC(C)CC[P+](=O)C(S)c1cccc2ccccc12. The molecule has 3 nitrogen and oxygen atoms in total. The standard InChI is InChI=1S/C20H25O3PS/c1-3-23-19(21)12-11-15(2)13-14-24(22)20(25)18-10-6-8-16-7-4-5-9-17(16)18/h4-10,15,20H,3,11-14H2,1-2H3/p+1. The predicted octanol–water partition coefficient (Wildman–Crippen LogP) is 5.97. The smallest absolute Gasteiger partial charge is 0.357 e. The van der Waals surface area contributed by atoms with Crippen LogP contribution < -0.4 is 0 Å². The van der Waals surface area contributed by atoms with E-state index in [1.807, 2.05) is 31.2 Å². The number of carbonyl (C=O) groups excluding carboxylic acids is 1. The van der Waals surface area contributed by atoms with Gasteiger partial charge in [0.05, 0.1) is 6.61 Å². The Hall–Kier alpha value is -1.38. The maximum Gasteiger partial charge on any atom is 0.357 e. The molecule has 3 unspecified atom stereocenters. The monoisotopic (exact) mass is 377 g/mol. The molecule has 0 saturated heterocycles. The highest BCUT2D eigenvalue weighted by Crippen LogP contribution is 2.47. The molecule has 0 amide bonds. The minimum Gasteiger partial charge on any atom is -0.466 e. The van der Waals surface area contributed by atoms with Gasteiger partial charge in [-0.3, -0.25) is 4.79 Å². The molecule has 0 fully saturated rings. The summed E-state index contributed by atoms with van der Waals surface area (Å²) < 4.78 is 17.7. The Morgan fingerprint density at radius 1 is 1.16 bits per heavy atom. The molecular weight excluding hydrogens is 351 g/mol. The van der Waals surface area contributed by atoms with E-state index >= 15 is 0 Å². The molecule has 0 spiro atoms. The third-order valence-corrected chi connectivity index (χ3v) is 6.94. The average Bonchev–Trinajstić information content (AvgIpc) is 2.63. The molecule has 2 aromatic rings. The molecule has 0 bridgehead atoms. The van der Waals surface area contributed by atoms with Crippen LogP contribution in [-0.2, 0) is 14.1 Å². The van der Waals surface area contributed by atoms with Gasteiger partial charge < -0.3 is 4.74 Å². The highest BCUT2D eigenvalue weighted by atomic mass is 32.1. The summed E-state index contributed by atoms with van der Waals surface area (Å²) in [6.45, 7) is 4.32. The summed E-state index contributed by atoms with van der Waals surface area (Å²) in [5.41, 5.74) is 1.03. The average molecular weight is 377 g/mol. The number of carbonyl (C=O) groups is 1. The predicted molar refractivity (Wildman–Crippen MR) is 108 cm³/mol. The van der Waals surface area contributed by atoms with Crippen molar-refractivity contribution in [1.29, 1.82) is 0 Å². The fraction of sp³-hybridized carbons (Fsp3) is 0.450. The second-order valence-corrected chi connectivity index (χ2v) is 9.04. The Morgan fingerprint density at radius 3 is 2.64 bits per heavy atom. The van der Waals surface area contributed by atoms with Crippen molar-refractivity contribution >= 4 is 37.2 Å². The van der Waals surface area contributed by atoms with Gasteiger partial charge in [0.2, 0.25) is 4.99 Å². The van der Waals surface area contributed by atoms with E-state index in [0.29, 0.717) is 25.1 Å². The van der Waals surface area contributed by atoms with Crippen molar-refractivity contribution < 1.29 is 14.1 Å². The van der Waals surface area contributed by atoms with Gasteiger partial charge in [0.1, 0.15) is 6.16 Å². The lowest BCUT2D eigenvalue weighted by Crippen LogP contribution is -2.07. The minimum absolute atomic E-state index is 0.151. The molecule has 25 heavy (non-hydrogen) atoms. The van der Waals surface area contributed by atoms with E-state index in [-0.39, 0.29) is 11.0 Å². The maximum absolute atomic E-state index is 12.7. The zero-order valence-electron chi connectivity index (χ0n) is 14.9. The number of ether oxygens (including phenoxy) is 1. The van der Waals surface area contributed by atoms with Crippen molar-refractivity contribution in [2.75, 3.05) is 12.8 Å². The van der Waals surface area contributed by atoms with Crippen LogP contribution in [-0.4, -0.2) is 18.7 Å². The van der Waals surface area contributed by atoms with Crippen LogP contribution in [0.25, 0.3) is 10.8 Å². The van der Waals surface area contributed by atoms with Crippen LogP contribution >= 0.6 is 20.4 Å². The van der Waals surface area contributed by atoms with E-state index in [2.05, 4.69) is 37.8 Å².